The Morgan fingerprint density at radius 1 is 1.28 bits per heavy atom. The average Bonchev–Trinajstić information content (AvgIpc) is 3.34. The molecule has 2 rings (SSSR count). The average molecular weight is 372 g/mol. The highest BCUT2D eigenvalue weighted by Crippen LogP contribution is 2.18. The van der Waals surface area contributed by atoms with E-state index in [4.69, 9.17) is 4.74 Å². The second-order valence-corrected chi connectivity index (χ2v) is 7.91. The highest BCUT2D eigenvalue weighted by atomic mass is 32.2. The fourth-order valence-electron chi connectivity index (χ4n) is 2.07. The molecule has 1 aliphatic rings. The lowest BCUT2D eigenvalue weighted by Crippen LogP contribution is -2.46. The Balaban J connectivity index is 2.02. The molecule has 7 nitrogen and oxygen atoms in total. The summed E-state index contributed by atoms with van der Waals surface area (Å²) >= 11 is 0. The number of carbonyl (C=O) groups is 2. The van der Waals surface area contributed by atoms with Crippen LogP contribution in [0.1, 0.15) is 26.7 Å². The van der Waals surface area contributed by atoms with Crippen molar-refractivity contribution in [3.63, 3.8) is 0 Å². The summed E-state index contributed by atoms with van der Waals surface area (Å²) in [5, 5.41) is 2.65. The van der Waals surface area contributed by atoms with Crippen molar-refractivity contribution < 1.29 is 27.1 Å². The molecule has 0 radical (unpaired) electrons. The van der Waals surface area contributed by atoms with E-state index in [0.717, 1.165) is 25.0 Å². The van der Waals surface area contributed by atoms with Crippen LogP contribution < -0.4 is 10.0 Å². The number of hydrogen-bond acceptors (Lipinski definition) is 5. The predicted octanol–water partition coefficient (Wildman–Crippen LogP) is 0.950. The number of rotatable bonds is 8. The minimum Gasteiger partial charge on any atom is -0.454 e. The number of halogens is 1. The Kier molecular flexibility index (Phi) is 6.12. The second-order valence-electron chi connectivity index (χ2n) is 6.22. The van der Waals surface area contributed by atoms with E-state index in [1.165, 1.54) is 12.1 Å². The molecule has 0 aromatic heterocycles. The van der Waals surface area contributed by atoms with Crippen LogP contribution in [0.15, 0.2) is 29.2 Å². The van der Waals surface area contributed by atoms with Crippen molar-refractivity contribution in [2.45, 2.75) is 43.7 Å². The van der Waals surface area contributed by atoms with E-state index in [9.17, 15) is 22.4 Å². The summed E-state index contributed by atoms with van der Waals surface area (Å²) in [6, 6.07) is 3.75. The van der Waals surface area contributed by atoms with Gasteiger partial charge in [-0.05, 0) is 30.9 Å². The van der Waals surface area contributed by atoms with Gasteiger partial charge >= 0.3 is 5.97 Å². The summed E-state index contributed by atoms with van der Waals surface area (Å²) in [4.78, 5) is 23.2. The lowest BCUT2D eigenvalue weighted by Gasteiger charge is -2.20. The van der Waals surface area contributed by atoms with Crippen molar-refractivity contribution in [3.05, 3.63) is 30.1 Å². The summed E-state index contributed by atoms with van der Waals surface area (Å²) in [5.74, 6) is -2.70. The maximum absolute atomic E-state index is 13.7. The zero-order chi connectivity index (χ0) is 18.6. The molecule has 1 fully saturated rings. The Bertz CT molecular complexity index is 747. The van der Waals surface area contributed by atoms with Gasteiger partial charge in [-0.3, -0.25) is 9.59 Å². The van der Waals surface area contributed by atoms with Gasteiger partial charge in [-0.1, -0.05) is 26.0 Å². The van der Waals surface area contributed by atoms with E-state index in [-0.39, 0.29) is 6.04 Å². The van der Waals surface area contributed by atoms with Gasteiger partial charge < -0.3 is 10.1 Å². The highest BCUT2D eigenvalue weighted by Gasteiger charge is 2.31. The lowest BCUT2D eigenvalue weighted by molar-refractivity contribution is -0.151. The molecule has 138 valence electrons. The summed E-state index contributed by atoms with van der Waals surface area (Å²) in [7, 11) is -4.25. The topological polar surface area (TPSA) is 102 Å². The first-order valence-corrected chi connectivity index (χ1v) is 9.42. The van der Waals surface area contributed by atoms with Crippen LogP contribution in [0.5, 0.6) is 0 Å². The SMILES string of the molecule is CC(C)C(NS(=O)(=O)c1ccccc1F)C(=O)OCC(=O)NC1CC1. The third-order valence-corrected chi connectivity index (χ3v) is 5.09. The molecule has 25 heavy (non-hydrogen) atoms. The summed E-state index contributed by atoms with van der Waals surface area (Å²) in [5.41, 5.74) is 0. The monoisotopic (exact) mass is 372 g/mol. The first-order valence-electron chi connectivity index (χ1n) is 7.93. The number of ether oxygens (including phenoxy) is 1. The molecule has 1 aliphatic carbocycles. The van der Waals surface area contributed by atoms with Crippen molar-refractivity contribution in [1.29, 1.82) is 0 Å². The minimum atomic E-state index is -4.25. The lowest BCUT2D eigenvalue weighted by atomic mass is 10.1. The van der Waals surface area contributed by atoms with Gasteiger partial charge in [-0.15, -0.1) is 0 Å². The van der Waals surface area contributed by atoms with Gasteiger partial charge in [0.1, 0.15) is 16.8 Å². The molecule has 1 aromatic carbocycles. The Morgan fingerprint density at radius 3 is 2.48 bits per heavy atom. The number of benzene rings is 1. The van der Waals surface area contributed by atoms with Gasteiger partial charge in [-0.2, -0.15) is 4.72 Å². The smallest absolute Gasteiger partial charge is 0.324 e. The van der Waals surface area contributed by atoms with Crippen molar-refractivity contribution in [2.75, 3.05) is 6.61 Å². The zero-order valence-corrected chi connectivity index (χ0v) is 14.8. The molecule has 1 aromatic rings. The van der Waals surface area contributed by atoms with Gasteiger partial charge in [0, 0.05) is 6.04 Å². The largest absolute Gasteiger partial charge is 0.454 e. The number of carbonyl (C=O) groups excluding carboxylic acids is 2. The van der Waals surface area contributed by atoms with E-state index in [2.05, 4.69) is 10.0 Å². The fourth-order valence-corrected chi connectivity index (χ4v) is 3.49. The van der Waals surface area contributed by atoms with Crippen LogP contribution in [-0.4, -0.2) is 39.0 Å². The third kappa shape index (κ3) is 5.50. The molecule has 0 saturated heterocycles. The van der Waals surface area contributed by atoms with Gasteiger partial charge in [0.15, 0.2) is 6.61 Å². The minimum absolute atomic E-state index is 0.131. The van der Waals surface area contributed by atoms with Gasteiger partial charge in [0.25, 0.3) is 5.91 Å². The molecule has 1 amide bonds. The van der Waals surface area contributed by atoms with Crippen molar-refractivity contribution >= 4 is 21.9 Å². The zero-order valence-electron chi connectivity index (χ0n) is 14.0. The van der Waals surface area contributed by atoms with E-state index in [1.54, 1.807) is 13.8 Å². The number of hydrogen-bond donors (Lipinski definition) is 2. The predicted molar refractivity (Wildman–Crippen MR) is 87.5 cm³/mol. The second kappa shape index (κ2) is 7.92. The molecule has 2 N–H and O–H groups in total. The van der Waals surface area contributed by atoms with Crippen LogP contribution in [0.4, 0.5) is 4.39 Å². The third-order valence-electron chi connectivity index (χ3n) is 3.62. The quantitative estimate of drug-likeness (QED) is 0.662. The number of esters is 1. The molecule has 0 bridgehead atoms. The standard InChI is InChI=1S/C16H21FN2O5S/c1-10(2)15(16(21)24-9-14(20)18-11-7-8-11)19-25(22,23)13-6-4-3-5-12(13)17/h3-6,10-11,15,19H,7-9H2,1-2H3,(H,18,20). The van der Waals surface area contributed by atoms with Crippen LogP contribution in [0.2, 0.25) is 0 Å². The van der Waals surface area contributed by atoms with E-state index >= 15 is 0 Å². The summed E-state index contributed by atoms with van der Waals surface area (Å²) in [6.07, 6.45) is 1.80. The first-order chi connectivity index (χ1) is 11.7. The van der Waals surface area contributed by atoms with Crippen LogP contribution in [0, 0.1) is 11.7 Å². The summed E-state index contributed by atoms with van der Waals surface area (Å²) in [6.45, 7) is 2.74. The fraction of sp³-hybridized carbons (Fsp3) is 0.500. The molecular weight excluding hydrogens is 351 g/mol. The van der Waals surface area contributed by atoms with E-state index in [0.29, 0.717) is 0 Å². The van der Waals surface area contributed by atoms with Gasteiger partial charge in [0.05, 0.1) is 0 Å². The van der Waals surface area contributed by atoms with Crippen molar-refractivity contribution in [2.24, 2.45) is 5.92 Å². The normalized spacial score (nSPS) is 15.7. The van der Waals surface area contributed by atoms with E-state index < -0.39 is 51.2 Å². The maximum atomic E-state index is 13.7. The molecule has 0 spiro atoms. The Hall–Kier alpha value is -2.00. The first kappa shape index (κ1) is 19.3. The molecule has 9 heteroatoms. The molecular formula is C16H21FN2O5S. The number of sulfonamides is 1. The molecule has 1 unspecified atom stereocenters. The highest BCUT2D eigenvalue weighted by molar-refractivity contribution is 7.89. The van der Waals surface area contributed by atoms with Gasteiger partial charge in [0.2, 0.25) is 10.0 Å². The van der Waals surface area contributed by atoms with Crippen LogP contribution in [-0.2, 0) is 24.3 Å². The van der Waals surface area contributed by atoms with Gasteiger partial charge in [-0.25, -0.2) is 12.8 Å². The Morgan fingerprint density at radius 2 is 1.92 bits per heavy atom. The maximum Gasteiger partial charge on any atom is 0.324 e. The van der Waals surface area contributed by atoms with E-state index in [1.807, 2.05) is 0 Å². The molecule has 1 saturated carbocycles. The summed E-state index contributed by atoms with van der Waals surface area (Å²) < 4.78 is 45.4. The van der Waals surface area contributed by atoms with Crippen LogP contribution in [0.3, 0.4) is 0 Å². The van der Waals surface area contributed by atoms with Crippen LogP contribution >= 0.6 is 0 Å². The van der Waals surface area contributed by atoms with Crippen LogP contribution in [0.25, 0.3) is 0 Å². The van der Waals surface area contributed by atoms with Crippen molar-refractivity contribution in [1.82, 2.24) is 10.0 Å². The molecule has 0 heterocycles. The number of amides is 1. The number of nitrogens with one attached hydrogen (secondary N) is 2. The Labute approximate surface area is 146 Å². The van der Waals surface area contributed by atoms with Crippen molar-refractivity contribution in [3.8, 4) is 0 Å². The molecule has 1 atom stereocenters. The molecule has 0 aliphatic heterocycles.